The van der Waals surface area contributed by atoms with Crippen LogP contribution in [0.1, 0.15) is 5.69 Å². The summed E-state index contributed by atoms with van der Waals surface area (Å²) in [6.07, 6.45) is 3.57. The van der Waals surface area contributed by atoms with Crippen molar-refractivity contribution in [3.63, 3.8) is 0 Å². The monoisotopic (exact) mass is 141 g/mol. The van der Waals surface area contributed by atoms with Crippen LogP contribution in [-0.4, -0.2) is 16.1 Å². The molecule has 0 amide bonds. The topological polar surface area (TPSA) is 88.8 Å². The second-order valence-corrected chi connectivity index (χ2v) is 1.36. The molecular weight excluding hydrogens is 134 g/mol. The van der Waals surface area contributed by atoms with Crippen LogP contribution in [0.3, 0.4) is 0 Å². The molecule has 0 atom stereocenters. The van der Waals surface area contributed by atoms with Gasteiger partial charge in [-0.05, 0) is 0 Å². The first kappa shape index (κ1) is 8.55. The molecule has 1 aromatic heterocycles. The van der Waals surface area contributed by atoms with E-state index >= 15 is 0 Å². The number of aromatic nitrogens is 2. The van der Waals surface area contributed by atoms with Gasteiger partial charge in [0.05, 0.1) is 6.33 Å². The highest BCUT2D eigenvalue weighted by Crippen LogP contribution is 1.84. The summed E-state index contributed by atoms with van der Waals surface area (Å²) in [5.74, 6) is 0. The number of hydrogen-bond acceptors (Lipinski definition) is 4. The Hall–Kier alpha value is -1.45. The van der Waals surface area contributed by atoms with E-state index < -0.39 is 0 Å². The Labute approximate surface area is 57.3 Å². The van der Waals surface area contributed by atoms with E-state index in [1.54, 1.807) is 12.5 Å². The lowest BCUT2D eigenvalue weighted by atomic mass is 10.5. The van der Waals surface area contributed by atoms with Gasteiger partial charge in [0.15, 0.2) is 0 Å². The van der Waals surface area contributed by atoms with E-state index in [-0.39, 0.29) is 6.15 Å². The lowest BCUT2D eigenvalue weighted by Crippen LogP contribution is -1.94. The van der Waals surface area contributed by atoms with Crippen LogP contribution in [0.15, 0.2) is 12.5 Å². The molecular formula is C5H7N3O2. The van der Waals surface area contributed by atoms with Gasteiger partial charge in [0, 0.05) is 18.4 Å². The van der Waals surface area contributed by atoms with Crippen molar-refractivity contribution in [1.82, 2.24) is 9.97 Å². The Morgan fingerprint density at radius 3 is 2.50 bits per heavy atom. The largest absolute Gasteiger partial charge is 0.373 e. The van der Waals surface area contributed by atoms with Gasteiger partial charge in [0.1, 0.15) is 0 Å². The summed E-state index contributed by atoms with van der Waals surface area (Å²) >= 11 is 0. The second-order valence-electron chi connectivity index (χ2n) is 1.36. The summed E-state index contributed by atoms with van der Waals surface area (Å²) in [7, 11) is 0. The van der Waals surface area contributed by atoms with E-state index in [0.717, 1.165) is 5.69 Å². The number of nitrogens with one attached hydrogen (secondary N) is 1. The predicted molar refractivity (Wildman–Crippen MR) is 31.5 cm³/mol. The van der Waals surface area contributed by atoms with Gasteiger partial charge < -0.3 is 10.7 Å². The Balaban J connectivity index is 0.000000236. The van der Waals surface area contributed by atoms with E-state index in [4.69, 9.17) is 15.3 Å². The first-order valence-corrected chi connectivity index (χ1v) is 2.51. The average molecular weight is 141 g/mol. The average Bonchev–Trinajstić information content (AvgIpc) is 2.39. The molecule has 0 radical (unpaired) electrons. The van der Waals surface area contributed by atoms with Crippen molar-refractivity contribution in [2.24, 2.45) is 5.73 Å². The zero-order valence-electron chi connectivity index (χ0n) is 5.20. The molecule has 0 bridgehead atoms. The minimum absolute atomic E-state index is 0.250. The molecule has 54 valence electrons. The van der Waals surface area contributed by atoms with Gasteiger partial charge in [0.25, 0.3) is 0 Å². The van der Waals surface area contributed by atoms with Crippen molar-refractivity contribution in [3.05, 3.63) is 18.2 Å². The molecule has 5 nitrogen and oxygen atoms in total. The quantitative estimate of drug-likeness (QED) is 0.540. The van der Waals surface area contributed by atoms with Gasteiger partial charge >= 0.3 is 6.15 Å². The van der Waals surface area contributed by atoms with E-state index in [1.807, 2.05) is 0 Å². The SMILES string of the molecule is NCc1cnc[nH]1.O=C=O. The van der Waals surface area contributed by atoms with Crippen LogP contribution < -0.4 is 5.73 Å². The van der Waals surface area contributed by atoms with Gasteiger partial charge in [-0.25, -0.2) is 4.98 Å². The maximum absolute atomic E-state index is 8.12. The van der Waals surface area contributed by atoms with Gasteiger partial charge in [-0.15, -0.1) is 0 Å². The van der Waals surface area contributed by atoms with E-state index in [2.05, 4.69) is 9.97 Å². The number of nitrogens with two attached hydrogens (primary N) is 1. The molecule has 0 spiro atoms. The maximum atomic E-state index is 8.12. The Morgan fingerprint density at radius 1 is 1.70 bits per heavy atom. The molecule has 0 aliphatic carbocycles. The van der Waals surface area contributed by atoms with E-state index in [1.165, 1.54) is 0 Å². The van der Waals surface area contributed by atoms with Crippen LogP contribution in [0.4, 0.5) is 0 Å². The highest BCUT2D eigenvalue weighted by Gasteiger charge is 1.82. The summed E-state index contributed by atoms with van der Waals surface area (Å²) in [5, 5.41) is 0. The molecule has 1 rings (SSSR count). The summed E-state index contributed by atoms with van der Waals surface area (Å²) < 4.78 is 0. The first-order chi connectivity index (χ1) is 4.85. The number of aromatic amines is 1. The number of carbonyl (C=O) groups excluding carboxylic acids is 2. The van der Waals surface area contributed by atoms with Crippen LogP contribution in [0.5, 0.6) is 0 Å². The van der Waals surface area contributed by atoms with Crippen molar-refractivity contribution in [3.8, 4) is 0 Å². The van der Waals surface area contributed by atoms with Gasteiger partial charge in [-0.2, -0.15) is 9.59 Å². The van der Waals surface area contributed by atoms with Crippen molar-refractivity contribution < 1.29 is 9.59 Å². The number of rotatable bonds is 1. The molecule has 0 aromatic carbocycles. The fourth-order valence-corrected chi connectivity index (χ4v) is 0.396. The van der Waals surface area contributed by atoms with Gasteiger partial charge in [0.2, 0.25) is 0 Å². The standard InChI is InChI=1S/C4H7N3.CO2/c5-1-4-2-6-3-7-4;2-1-3/h2-3H,1,5H2,(H,6,7);. The predicted octanol–water partition coefficient (Wildman–Crippen LogP) is -0.715. The first-order valence-electron chi connectivity index (χ1n) is 2.51. The fraction of sp³-hybridized carbons (Fsp3) is 0.200. The van der Waals surface area contributed by atoms with Gasteiger partial charge in [-0.3, -0.25) is 0 Å². The maximum Gasteiger partial charge on any atom is 0.373 e. The second kappa shape index (κ2) is 5.68. The van der Waals surface area contributed by atoms with Crippen LogP contribution in [-0.2, 0) is 16.1 Å². The number of imidazole rings is 1. The molecule has 0 unspecified atom stereocenters. The normalized spacial score (nSPS) is 7.30. The number of hydrogen-bond donors (Lipinski definition) is 2. The summed E-state index contributed by atoms with van der Waals surface area (Å²) in [4.78, 5) is 22.9. The van der Waals surface area contributed by atoms with Crippen LogP contribution in [0.25, 0.3) is 0 Å². The molecule has 0 aliphatic rings. The molecule has 0 saturated heterocycles. The third kappa shape index (κ3) is 3.54. The van der Waals surface area contributed by atoms with Crippen molar-refractivity contribution in [2.75, 3.05) is 0 Å². The zero-order valence-corrected chi connectivity index (χ0v) is 5.20. The summed E-state index contributed by atoms with van der Waals surface area (Å²) in [5.41, 5.74) is 6.20. The third-order valence-corrected chi connectivity index (χ3v) is 0.775. The molecule has 1 heterocycles. The zero-order chi connectivity index (χ0) is 7.82. The van der Waals surface area contributed by atoms with Crippen molar-refractivity contribution >= 4 is 6.15 Å². The summed E-state index contributed by atoms with van der Waals surface area (Å²) in [6.45, 7) is 0.542. The molecule has 0 aliphatic heterocycles. The van der Waals surface area contributed by atoms with Crippen LogP contribution >= 0.6 is 0 Å². The van der Waals surface area contributed by atoms with Crippen LogP contribution in [0, 0.1) is 0 Å². The summed E-state index contributed by atoms with van der Waals surface area (Å²) in [6, 6.07) is 0. The van der Waals surface area contributed by atoms with Crippen molar-refractivity contribution in [1.29, 1.82) is 0 Å². The van der Waals surface area contributed by atoms with E-state index in [9.17, 15) is 0 Å². The Morgan fingerprint density at radius 2 is 2.30 bits per heavy atom. The minimum Gasteiger partial charge on any atom is -0.347 e. The molecule has 0 saturated carbocycles. The lowest BCUT2D eigenvalue weighted by Gasteiger charge is -1.80. The number of H-pyrrole nitrogens is 1. The molecule has 0 fully saturated rings. The molecule has 10 heavy (non-hydrogen) atoms. The smallest absolute Gasteiger partial charge is 0.347 e. The molecule has 5 heteroatoms. The van der Waals surface area contributed by atoms with Crippen LogP contribution in [0.2, 0.25) is 0 Å². The highest BCUT2D eigenvalue weighted by atomic mass is 16.2. The minimum atomic E-state index is 0.250. The number of nitrogens with zero attached hydrogens (tertiary/aromatic N) is 1. The Kier molecular flexibility index (Phi) is 4.86. The Bertz CT molecular complexity index is 189. The third-order valence-electron chi connectivity index (χ3n) is 0.775. The van der Waals surface area contributed by atoms with Gasteiger partial charge in [-0.1, -0.05) is 0 Å². The lowest BCUT2D eigenvalue weighted by molar-refractivity contribution is -0.191. The fourth-order valence-electron chi connectivity index (χ4n) is 0.396. The molecule has 3 N–H and O–H groups in total. The van der Waals surface area contributed by atoms with E-state index in [0.29, 0.717) is 6.54 Å². The highest BCUT2D eigenvalue weighted by molar-refractivity contribution is 5.20. The molecule has 1 aromatic rings. The van der Waals surface area contributed by atoms with Crippen molar-refractivity contribution in [2.45, 2.75) is 6.54 Å².